The third-order valence-corrected chi connectivity index (χ3v) is 4.42. The highest BCUT2D eigenvalue weighted by molar-refractivity contribution is 5.31. The van der Waals surface area contributed by atoms with Crippen LogP contribution in [-0.4, -0.2) is 39.0 Å². The largest absolute Gasteiger partial charge is 0.351 e. The Hall–Kier alpha value is -1.67. The van der Waals surface area contributed by atoms with Crippen LogP contribution in [0.4, 0.5) is 5.95 Å². The van der Waals surface area contributed by atoms with E-state index < -0.39 is 0 Å². The lowest BCUT2D eigenvalue weighted by atomic mass is 9.77. The van der Waals surface area contributed by atoms with Crippen molar-refractivity contribution in [1.29, 1.82) is 5.26 Å². The van der Waals surface area contributed by atoms with Gasteiger partial charge in [0.15, 0.2) is 0 Å². The van der Waals surface area contributed by atoms with Gasteiger partial charge in [-0.15, -0.1) is 0 Å². The van der Waals surface area contributed by atoms with Crippen molar-refractivity contribution in [2.45, 2.75) is 57.7 Å². The Balaban J connectivity index is 2.11. The molecule has 1 aliphatic rings. The summed E-state index contributed by atoms with van der Waals surface area (Å²) in [7, 11) is 2.19. The van der Waals surface area contributed by atoms with Gasteiger partial charge in [-0.05, 0) is 47.6 Å². The van der Waals surface area contributed by atoms with Crippen molar-refractivity contribution >= 4 is 5.95 Å². The molecule has 5 heteroatoms. The van der Waals surface area contributed by atoms with Crippen molar-refractivity contribution in [3.63, 3.8) is 0 Å². The van der Waals surface area contributed by atoms with Crippen LogP contribution < -0.4 is 5.32 Å². The van der Waals surface area contributed by atoms with Gasteiger partial charge in [0.2, 0.25) is 5.95 Å². The van der Waals surface area contributed by atoms with Crippen molar-refractivity contribution in [2.75, 3.05) is 12.4 Å². The second-order valence-electron chi connectivity index (χ2n) is 6.84. The molecule has 2 rings (SSSR count). The highest BCUT2D eigenvalue weighted by atomic mass is 15.3. The lowest BCUT2D eigenvalue weighted by molar-refractivity contribution is -0.00778. The molecule has 0 spiro atoms. The van der Waals surface area contributed by atoms with E-state index in [9.17, 15) is 0 Å². The number of piperidine rings is 1. The summed E-state index contributed by atoms with van der Waals surface area (Å²) in [5.74, 6) is 0.602. The van der Waals surface area contributed by atoms with E-state index in [2.05, 4.69) is 54.9 Å². The predicted octanol–water partition coefficient (Wildman–Crippen LogP) is 2.41. The predicted molar refractivity (Wildman–Crippen MR) is 79.3 cm³/mol. The average molecular weight is 273 g/mol. The number of hydrogen-bond donors (Lipinski definition) is 1. The van der Waals surface area contributed by atoms with Gasteiger partial charge >= 0.3 is 0 Å². The molecule has 1 aromatic heterocycles. The average Bonchev–Trinajstić information content (AvgIpc) is 2.36. The molecule has 0 bridgehead atoms. The third-order valence-electron chi connectivity index (χ3n) is 4.42. The first kappa shape index (κ1) is 14.7. The van der Waals surface area contributed by atoms with Crippen molar-refractivity contribution in [3.8, 4) is 6.07 Å². The summed E-state index contributed by atoms with van der Waals surface area (Å²) in [5, 5.41) is 12.2. The van der Waals surface area contributed by atoms with E-state index in [4.69, 9.17) is 5.26 Å². The van der Waals surface area contributed by atoms with Crippen molar-refractivity contribution < 1.29 is 0 Å². The summed E-state index contributed by atoms with van der Waals surface area (Å²) in [6.45, 7) is 9.06. The Bertz CT molecular complexity index is 494. The zero-order valence-corrected chi connectivity index (χ0v) is 12.9. The number of nitriles is 1. The van der Waals surface area contributed by atoms with E-state index in [0.29, 0.717) is 17.6 Å². The molecule has 1 saturated heterocycles. The summed E-state index contributed by atoms with van der Waals surface area (Å²) in [4.78, 5) is 10.8. The molecule has 1 aliphatic heterocycles. The van der Waals surface area contributed by atoms with Crippen LogP contribution in [-0.2, 0) is 0 Å². The second-order valence-corrected chi connectivity index (χ2v) is 6.84. The van der Waals surface area contributed by atoms with E-state index in [1.165, 1.54) is 0 Å². The molecule has 0 unspecified atom stereocenters. The highest BCUT2D eigenvalue weighted by Crippen LogP contribution is 2.37. The van der Waals surface area contributed by atoms with Crippen LogP contribution in [0.5, 0.6) is 0 Å². The Kier molecular flexibility index (Phi) is 3.70. The fraction of sp³-hybridized carbons (Fsp3) is 0.667. The Morgan fingerprint density at radius 2 is 1.70 bits per heavy atom. The molecule has 2 heterocycles. The number of likely N-dealkylation sites (tertiary alicyclic amines) is 1. The van der Waals surface area contributed by atoms with Crippen LogP contribution in [0.3, 0.4) is 0 Å². The molecular weight excluding hydrogens is 250 g/mol. The minimum absolute atomic E-state index is 0.131. The van der Waals surface area contributed by atoms with Gasteiger partial charge in [-0.3, -0.25) is 4.90 Å². The number of nitrogens with one attached hydrogen (secondary N) is 1. The maximum absolute atomic E-state index is 8.76. The van der Waals surface area contributed by atoms with Crippen molar-refractivity contribution in [1.82, 2.24) is 14.9 Å². The van der Waals surface area contributed by atoms with Gasteiger partial charge in [-0.1, -0.05) is 0 Å². The van der Waals surface area contributed by atoms with Gasteiger partial charge in [0.1, 0.15) is 6.07 Å². The first-order valence-electron chi connectivity index (χ1n) is 6.97. The summed E-state index contributed by atoms with van der Waals surface area (Å²) >= 11 is 0. The van der Waals surface area contributed by atoms with E-state index in [1.54, 1.807) is 12.4 Å². The fourth-order valence-electron chi connectivity index (χ4n) is 3.12. The SMILES string of the molecule is CN1C(C)(C)CC(Nc2ncc(C#N)cn2)CC1(C)C. The molecule has 0 aliphatic carbocycles. The lowest BCUT2D eigenvalue weighted by Crippen LogP contribution is -2.61. The van der Waals surface area contributed by atoms with Crippen molar-refractivity contribution in [3.05, 3.63) is 18.0 Å². The monoisotopic (exact) mass is 273 g/mol. The maximum atomic E-state index is 8.76. The molecule has 108 valence electrons. The molecule has 1 aromatic rings. The smallest absolute Gasteiger partial charge is 0.222 e. The van der Waals surface area contributed by atoms with E-state index in [0.717, 1.165) is 12.8 Å². The first-order valence-corrected chi connectivity index (χ1v) is 6.97. The quantitative estimate of drug-likeness (QED) is 0.896. The minimum atomic E-state index is 0.131. The normalized spacial score (nSPS) is 22.2. The van der Waals surface area contributed by atoms with Crippen LogP contribution in [0.2, 0.25) is 0 Å². The topological polar surface area (TPSA) is 64.8 Å². The molecule has 1 fully saturated rings. The van der Waals surface area contributed by atoms with Gasteiger partial charge in [-0.25, -0.2) is 9.97 Å². The summed E-state index contributed by atoms with van der Waals surface area (Å²) in [5.41, 5.74) is 0.748. The Morgan fingerprint density at radius 1 is 1.20 bits per heavy atom. The molecular formula is C15H23N5. The zero-order valence-electron chi connectivity index (χ0n) is 12.9. The summed E-state index contributed by atoms with van der Waals surface area (Å²) in [6, 6.07) is 2.37. The van der Waals surface area contributed by atoms with E-state index in [1.807, 2.05) is 6.07 Å². The second kappa shape index (κ2) is 5.02. The summed E-state index contributed by atoms with van der Waals surface area (Å²) < 4.78 is 0. The number of rotatable bonds is 2. The molecule has 5 nitrogen and oxygen atoms in total. The first-order chi connectivity index (χ1) is 9.24. The van der Waals surface area contributed by atoms with Crippen LogP contribution >= 0.6 is 0 Å². The van der Waals surface area contributed by atoms with Crippen LogP contribution in [0.1, 0.15) is 46.1 Å². The molecule has 0 aromatic carbocycles. The van der Waals surface area contributed by atoms with Gasteiger partial charge in [0, 0.05) is 17.1 Å². The van der Waals surface area contributed by atoms with Gasteiger partial charge < -0.3 is 5.32 Å². The summed E-state index contributed by atoms with van der Waals surface area (Å²) in [6.07, 6.45) is 5.19. The lowest BCUT2D eigenvalue weighted by Gasteiger charge is -2.53. The van der Waals surface area contributed by atoms with Gasteiger partial charge in [0.25, 0.3) is 0 Å². The minimum Gasteiger partial charge on any atom is -0.351 e. The molecule has 0 amide bonds. The molecule has 1 N–H and O–H groups in total. The van der Waals surface area contributed by atoms with Crippen molar-refractivity contribution in [2.24, 2.45) is 0 Å². The zero-order chi connectivity index (χ0) is 15.0. The van der Waals surface area contributed by atoms with E-state index >= 15 is 0 Å². The fourth-order valence-corrected chi connectivity index (χ4v) is 3.12. The number of hydrogen-bond acceptors (Lipinski definition) is 5. The molecule has 20 heavy (non-hydrogen) atoms. The van der Waals surface area contributed by atoms with Crippen LogP contribution in [0.25, 0.3) is 0 Å². The number of anilines is 1. The number of nitrogens with zero attached hydrogens (tertiary/aromatic N) is 4. The third kappa shape index (κ3) is 2.91. The molecule has 0 radical (unpaired) electrons. The molecule has 0 saturated carbocycles. The van der Waals surface area contributed by atoms with E-state index in [-0.39, 0.29) is 11.1 Å². The Morgan fingerprint density at radius 3 is 2.15 bits per heavy atom. The van der Waals surface area contributed by atoms with Gasteiger partial charge in [-0.2, -0.15) is 5.26 Å². The van der Waals surface area contributed by atoms with Crippen LogP contribution in [0, 0.1) is 11.3 Å². The van der Waals surface area contributed by atoms with Gasteiger partial charge in [0.05, 0.1) is 18.0 Å². The maximum Gasteiger partial charge on any atom is 0.222 e. The standard InChI is InChI=1S/C15H23N5/c1-14(2)6-12(7-15(3,4)20(14)5)19-13-17-9-11(8-16)10-18-13/h9-10,12H,6-7H2,1-5H3,(H,17,18,19). The highest BCUT2D eigenvalue weighted by Gasteiger charge is 2.43. The number of aromatic nitrogens is 2. The Labute approximate surface area is 121 Å². The molecule has 0 atom stereocenters. The van der Waals surface area contributed by atoms with Crippen LogP contribution in [0.15, 0.2) is 12.4 Å².